The SMILES string of the molecule is COc1ccc(C(C)(c2ccccc2)c2ccncc2)cc1OC1CCCC1. The topological polar surface area (TPSA) is 31.4 Å². The van der Waals surface area contributed by atoms with Crippen LogP contribution < -0.4 is 9.47 Å². The molecule has 1 aliphatic carbocycles. The molecule has 3 nitrogen and oxygen atoms in total. The molecule has 1 atom stereocenters. The molecule has 3 heteroatoms. The summed E-state index contributed by atoms with van der Waals surface area (Å²) in [7, 11) is 1.70. The van der Waals surface area contributed by atoms with Crippen LogP contribution >= 0.6 is 0 Å². The zero-order valence-corrected chi connectivity index (χ0v) is 16.6. The Morgan fingerprint density at radius 3 is 2.18 bits per heavy atom. The van der Waals surface area contributed by atoms with E-state index in [1.165, 1.54) is 29.5 Å². The lowest BCUT2D eigenvalue weighted by molar-refractivity contribution is 0.200. The maximum absolute atomic E-state index is 6.37. The summed E-state index contributed by atoms with van der Waals surface area (Å²) >= 11 is 0. The van der Waals surface area contributed by atoms with Crippen LogP contribution in [-0.2, 0) is 5.41 Å². The third-order valence-electron chi connectivity index (χ3n) is 5.95. The summed E-state index contributed by atoms with van der Waals surface area (Å²) in [6.45, 7) is 2.26. The highest BCUT2D eigenvalue weighted by molar-refractivity contribution is 5.54. The first-order chi connectivity index (χ1) is 13.7. The second-order valence-electron chi connectivity index (χ2n) is 7.62. The Balaban J connectivity index is 1.82. The maximum atomic E-state index is 6.37. The average molecular weight is 373 g/mol. The summed E-state index contributed by atoms with van der Waals surface area (Å²) in [5.41, 5.74) is 3.30. The lowest BCUT2D eigenvalue weighted by atomic mass is 9.71. The van der Waals surface area contributed by atoms with E-state index in [0.29, 0.717) is 0 Å². The second kappa shape index (κ2) is 8.05. The third-order valence-corrected chi connectivity index (χ3v) is 5.95. The van der Waals surface area contributed by atoms with Crippen molar-refractivity contribution < 1.29 is 9.47 Å². The minimum Gasteiger partial charge on any atom is -0.493 e. The van der Waals surface area contributed by atoms with Crippen molar-refractivity contribution in [1.29, 1.82) is 0 Å². The molecule has 0 bridgehead atoms. The molecule has 0 spiro atoms. The van der Waals surface area contributed by atoms with Gasteiger partial charge in [0, 0.05) is 17.8 Å². The predicted molar refractivity (Wildman–Crippen MR) is 112 cm³/mol. The van der Waals surface area contributed by atoms with Crippen molar-refractivity contribution in [2.45, 2.75) is 44.1 Å². The minimum atomic E-state index is -0.315. The van der Waals surface area contributed by atoms with E-state index in [4.69, 9.17) is 9.47 Å². The summed E-state index contributed by atoms with van der Waals surface area (Å²) in [5, 5.41) is 0. The fourth-order valence-corrected chi connectivity index (χ4v) is 4.22. The van der Waals surface area contributed by atoms with Gasteiger partial charge in [-0.2, -0.15) is 0 Å². The van der Waals surface area contributed by atoms with Crippen LogP contribution in [0.25, 0.3) is 0 Å². The molecule has 1 fully saturated rings. The Hall–Kier alpha value is -2.81. The van der Waals surface area contributed by atoms with Crippen molar-refractivity contribution in [2.24, 2.45) is 0 Å². The minimum absolute atomic E-state index is 0.285. The molecule has 0 radical (unpaired) electrons. The van der Waals surface area contributed by atoms with Crippen LogP contribution in [0.1, 0.15) is 49.3 Å². The van der Waals surface area contributed by atoms with Crippen LogP contribution in [0.3, 0.4) is 0 Å². The molecule has 28 heavy (non-hydrogen) atoms. The van der Waals surface area contributed by atoms with Gasteiger partial charge in [-0.05, 0) is 73.6 Å². The molecule has 2 aromatic carbocycles. The largest absolute Gasteiger partial charge is 0.493 e. The van der Waals surface area contributed by atoms with Crippen LogP contribution in [0.4, 0.5) is 0 Å². The van der Waals surface area contributed by atoms with E-state index in [2.05, 4.69) is 66.5 Å². The van der Waals surface area contributed by atoms with Crippen molar-refractivity contribution >= 4 is 0 Å². The van der Waals surface area contributed by atoms with Crippen molar-refractivity contribution in [2.75, 3.05) is 7.11 Å². The number of ether oxygens (including phenoxy) is 2. The molecular weight excluding hydrogens is 346 g/mol. The van der Waals surface area contributed by atoms with Crippen LogP contribution in [0.2, 0.25) is 0 Å². The van der Waals surface area contributed by atoms with Gasteiger partial charge in [0.1, 0.15) is 0 Å². The number of rotatable bonds is 6. The van der Waals surface area contributed by atoms with Gasteiger partial charge in [-0.3, -0.25) is 4.98 Å². The number of nitrogens with zero attached hydrogens (tertiary/aromatic N) is 1. The van der Waals surface area contributed by atoms with E-state index in [0.717, 1.165) is 24.3 Å². The van der Waals surface area contributed by atoms with Gasteiger partial charge in [0.15, 0.2) is 11.5 Å². The molecule has 1 heterocycles. The van der Waals surface area contributed by atoms with E-state index in [9.17, 15) is 0 Å². The van der Waals surface area contributed by atoms with Crippen LogP contribution in [-0.4, -0.2) is 18.2 Å². The molecule has 0 N–H and O–H groups in total. The van der Waals surface area contributed by atoms with Gasteiger partial charge in [-0.15, -0.1) is 0 Å². The van der Waals surface area contributed by atoms with E-state index < -0.39 is 0 Å². The van der Waals surface area contributed by atoms with E-state index in [1.54, 1.807) is 7.11 Å². The number of pyridine rings is 1. The quantitative estimate of drug-likeness (QED) is 0.550. The Bertz CT molecular complexity index is 863. The molecule has 1 aromatic heterocycles. The summed E-state index contributed by atoms with van der Waals surface area (Å²) in [6.07, 6.45) is 8.72. The molecular formula is C25H27NO2. The Morgan fingerprint density at radius 1 is 0.821 bits per heavy atom. The van der Waals surface area contributed by atoms with Crippen LogP contribution in [0.5, 0.6) is 11.5 Å². The van der Waals surface area contributed by atoms with Gasteiger partial charge in [-0.1, -0.05) is 36.4 Å². The normalized spacial score (nSPS) is 16.5. The highest BCUT2D eigenvalue weighted by Gasteiger charge is 2.32. The zero-order valence-electron chi connectivity index (χ0n) is 16.6. The fourth-order valence-electron chi connectivity index (χ4n) is 4.22. The number of aromatic nitrogens is 1. The third kappa shape index (κ3) is 3.49. The molecule has 3 aromatic rings. The van der Waals surface area contributed by atoms with Crippen molar-refractivity contribution in [1.82, 2.24) is 4.98 Å². The van der Waals surface area contributed by atoms with E-state index in [-0.39, 0.29) is 11.5 Å². The van der Waals surface area contributed by atoms with Gasteiger partial charge < -0.3 is 9.47 Å². The van der Waals surface area contributed by atoms with E-state index >= 15 is 0 Å². The first-order valence-corrected chi connectivity index (χ1v) is 10.0. The molecule has 4 rings (SSSR count). The predicted octanol–water partition coefficient (Wildman–Crippen LogP) is 5.77. The van der Waals surface area contributed by atoms with Gasteiger partial charge >= 0.3 is 0 Å². The second-order valence-corrected chi connectivity index (χ2v) is 7.62. The first-order valence-electron chi connectivity index (χ1n) is 10.0. The lowest BCUT2D eigenvalue weighted by Crippen LogP contribution is -2.25. The van der Waals surface area contributed by atoms with Crippen molar-refractivity contribution in [3.8, 4) is 11.5 Å². The number of hydrogen-bond donors (Lipinski definition) is 0. The van der Waals surface area contributed by atoms with Gasteiger partial charge in [0.2, 0.25) is 0 Å². The molecule has 0 saturated heterocycles. The molecule has 0 aliphatic heterocycles. The Kier molecular flexibility index (Phi) is 5.34. The van der Waals surface area contributed by atoms with E-state index in [1.807, 2.05) is 18.5 Å². The molecule has 1 saturated carbocycles. The van der Waals surface area contributed by atoms with Gasteiger partial charge in [0.05, 0.1) is 13.2 Å². The van der Waals surface area contributed by atoms with Crippen molar-refractivity contribution in [3.63, 3.8) is 0 Å². The van der Waals surface area contributed by atoms with Crippen molar-refractivity contribution in [3.05, 3.63) is 89.7 Å². The highest BCUT2D eigenvalue weighted by Crippen LogP contribution is 2.42. The highest BCUT2D eigenvalue weighted by atomic mass is 16.5. The maximum Gasteiger partial charge on any atom is 0.161 e. The lowest BCUT2D eigenvalue weighted by Gasteiger charge is -2.32. The fraction of sp³-hybridized carbons (Fsp3) is 0.320. The monoisotopic (exact) mass is 373 g/mol. The summed E-state index contributed by atoms with van der Waals surface area (Å²) in [4.78, 5) is 4.21. The van der Waals surface area contributed by atoms with Gasteiger partial charge in [0.25, 0.3) is 0 Å². The van der Waals surface area contributed by atoms with Gasteiger partial charge in [-0.25, -0.2) is 0 Å². The number of hydrogen-bond acceptors (Lipinski definition) is 3. The molecule has 144 valence electrons. The standard InChI is InChI=1S/C25H27NO2/c1-25(19-8-4-3-5-9-19,20-14-16-26-17-15-20)21-12-13-23(27-2)24(18-21)28-22-10-6-7-11-22/h3-5,8-9,12-18,22H,6-7,10-11H2,1-2H3. The Labute approximate surface area is 167 Å². The average Bonchev–Trinajstić information content (AvgIpc) is 3.27. The first kappa shape index (κ1) is 18.5. The van der Waals surface area contributed by atoms with Crippen LogP contribution in [0.15, 0.2) is 73.1 Å². The zero-order chi connectivity index (χ0) is 19.4. The summed E-state index contributed by atoms with van der Waals surface area (Å²) < 4.78 is 12.0. The molecule has 1 aliphatic rings. The number of methoxy groups -OCH3 is 1. The Morgan fingerprint density at radius 2 is 1.50 bits per heavy atom. The smallest absolute Gasteiger partial charge is 0.161 e. The molecule has 1 unspecified atom stereocenters. The number of benzene rings is 2. The summed E-state index contributed by atoms with van der Waals surface area (Å²) in [6, 6.07) is 21.1. The van der Waals surface area contributed by atoms with Crippen LogP contribution in [0, 0.1) is 0 Å². The summed E-state index contributed by atoms with van der Waals surface area (Å²) in [5.74, 6) is 1.63. The molecule has 0 amide bonds.